The molecule has 1 heterocycles. The van der Waals surface area contributed by atoms with Crippen LogP contribution in [0.3, 0.4) is 0 Å². The smallest absolute Gasteiger partial charge is 0.261 e. The van der Waals surface area contributed by atoms with Crippen molar-refractivity contribution in [3.63, 3.8) is 0 Å². The van der Waals surface area contributed by atoms with Crippen LogP contribution >= 0.6 is 0 Å². The maximum absolute atomic E-state index is 12.6. The fraction of sp³-hybridized carbons (Fsp3) is 0.400. The highest BCUT2D eigenvalue weighted by Crippen LogP contribution is 2.20. The molecule has 0 aliphatic carbocycles. The highest BCUT2D eigenvalue weighted by atomic mass is 32.2. The fourth-order valence-electron chi connectivity index (χ4n) is 3.21. The van der Waals surface area contributed by atoms with Crippen LogP contribution in [0.15, 0.2) is 59.5 Å². The van der Waals surface area contributed by atoms with Crippen molar-refractivity contribution in [2.75, 3.05) is 37.4 Å². The molecule has 2 aromatic carbocycles. The van der Waals surface area contributed by atoms with E-state index >= 15 is 0 Å². The summed E-state index contributed by atoms with van der Waals surface area (Å²) in [6, 6.07) is 16.3. The van der Waals surface area contributed by atoms with E-state index in [9.17, 15) is 8.42 Å². The number of rotatable bonds is 8. The summed E-state index contributed by atoms with van der Waals surface area (Å²) in [6.07, 6.45) is 0. The summed E-state index contributed by atoms with van der Waals surface area (Å²) >= 11 is 0. The molecule has 0 radical (unpaired) electrons. The Hall–Kier alpha value is -1.93. The SMILES string of the molecule is CC(CN1CCNCC1)NCc1ccccc1NS(=O)(=O)c1ccccc1. The first-order chi connectivity index (χ1) is 13.0. The lowest BCUT2D eigenvalue weighted by Gasteiger charge is -2.30. The predicted molar refractivity (Wildman–Crippen MR) is 109 cm³/mol. The largest absolute Gasteiger partial charge is 0.314 e. The highest BCUT2D eigenvalue weighted by Gasteiger charge is 2.16. The number of benzene rings is 2. The number of nitrogens with zero attached hydrogens (tertiary/aromatic N) is 1. The molecule has 6 nitrogen and oxygen atoms in total. The summed E-state index contributed by atoms with van der Waals surface area (Å²) in [4.78, 5) is 2.71. The third-order valence-electron chi connectivity index (χ3n) is 4.70. The van der Waals surface area contributed by atoms with E-state index in [1.165, 1.54) is 0 Å². The third-order valence-corrected chi connectivity index (χ3v) is 6.08. The zero-order valence-corrected chi connectivity index (χ0v) is 16.5. The van der Waals surface area contributed by atoms with Gasteiger partial charge in [0.05, 0.1) is 10.6 Å². The van der Waals surface area contributed by atoms with Crippen LogP contribution in [-0.2, 0) is 16.6 Å². The van der Waals surface area contributed by atoms with Crippen molar-refractivity contribution >= 4 is 15.7 Å². The van der Waals surface area contributed by atoms with Gasteiger partial charge >= 0.3 is 0 Å². The minimum absolute atomic E-state index is 0.264. The zero-order chi connectivity index (χ0) is 19.1. The van der Waals surface area contributed by atoms with E-state index in [2.05, 4.69) is 27.2 Å². The van der Waals surface area contributed by atoms with Gasteiger partial charge in [0.15, 0.2) is 0 Å². The number of hydrogen-bond donors (Lipinski definition) is 3. The van der Waals surface area contributed by atoms with E-state index in [0.29, 0.717) is 18.3 Å². The van der Waals surface area contributed by atoms with Crippen molar-refractivity contribution in [3.05, 3.63) is 60.2 Å². The lowest BCUT2D eigenvalue weighted by molar-refractivity contribution is 0.219. The molecule has 1 aliphatic heterocycles. The maximum atomic E-state index is 12.6. The van der Waals surface area contributed by atoms with Gasteiger partial charge in [0.1, 0.15) is 0 Å². The summed E-state index contributed by atoms with van der Waals surface area (Å²) in [7, 11) is -3.59. The Kier molecular flexibility index (Phi) is 6.84. The van der Waals surface area contributed by atoms with Crippen LogP contribution in [0.4, 0.5) is 5.69 Å². The Labute approximate surface area is 162 Å². The second-order valence-corrected chi connectivity index (χ2v) is 8.59. The molecule has 0 bridgehead atoms. The minimum Gasteiger partial charge on any atom is -0.314 e. The number of sulfonamides is 1. The van der Waals surface area contributed by atoms with Crippen molar-refractivity contribution in [2.45, 2.75) is 24.4 Å². The molecule has 0 aromatic heterocycles. The van der Waals surface area contributed by atoms with E-state index in [0.717, 1.165) is 38.3 Å². The maximum Gasteiger partial charge on any atom is 0.261 e. The van der Waals surface area contributed by atoms with Crippen LogP contribution in [0.25, 0.3) is 0 Å². The lowest BCUT2D eigenvalue weighted by atomic mass is 10.1. The molecular formula is C20H28N4O2S. The summed E-state index contributed by atoms with van der Waals surface area (Å²) < 4.78 is 27.9. The van der Waals surface area contributed by atoms with Gasteiger partial charge in [-0.05, 0) is 30.7 Å². The van der Waals surface area contributed by atoms with Crippen molar-refractivity contribution < 1.29 is 8.42 Å². The molecule has 0 amide bonds. The Morgan fingerprint density at radius 1 is 1.04 bits per heavy atom. The lowest BCUT2D eigenvalue weighted by Crippen LogP contribution is -2.48. The first-order valence-corrected chi connectivity index (χ1v) is 10.8. The summed E-state index contributed by atoms with van der Waals surface area (Å²) in [5.41, 5.74) is 1.55. The van der Waals surface area contributed by atoms with Gasteiger partial charge in [0.2, 0.25) is 0 Å². The van der Waals surface area contributed by atoms with Gasteiger partial charge in [-0.3, -0.25) is 9.62 Å². The van der Waals surface area contributed by atoms with Gasteiger partial charge < -0.3 is 10.6 Å². The van der Waals surface area contributed by atoms with Crippen LogP contribution in [0, 0.1) is 0 Å². The monoisotopic (exact) mass is 388 g/mol. The highest BCUT2D eigenvalue weighted by molar-refractivity contribution is 7.92. The minimum atomic E-state index is -3.59. The Morgan fingerprint density at radius 2 is 1.70 bits per heavy atom. The number of nitrogens with one attached hydrogen (secondary N) is 3. The summed E-state index contributed by atoms with van der Waals surface area (Å²) in [6.45, 7) is 7.98. The molecule has 7 heteroatoms. The number of hydrogen-bond acceptors (Lipinski definition) is 5. The average molecular weight is 389 g/mol. The summed E-state index contributed by atoms with van der Waals surface area (Å²) in [5, 5.41) is 6.88. The van der Waals surface area contributed by atoms with E-state index in [1.54, 1.807) is 36.4 Å². The van der Waals surface area contributed by atoms with Crippen LogP contribution in [0.2, 0.25) is 0 Å². The van der Waals surface area contributed by atoms with Crippen LogP contribution in [0.5, 0.6) is 0 Å². The van der Waals surface area contributed by atoms with Crippen molar-refractivity contribution in [3.8, 4) is 0 Å². The normalized spacial score (nSPS) is 16.8. The standard InChI is InChI=1S/C20H28N4O2S/c1-17(16-24-13-11-21-12-14-24)22-15-18-7-5-6-10-20(18)23-27(25,26)19-8-3-2-4-9-19/h2-10,17,21-23H,11-16H2,1H3. The van der Waals surface area contributed by atoms with Gasteiger partial charge in [-0.2, -0.15) is 0 Å². The number of anilines is 1. The second kappa shape index (κ2) is 9.32. The van der Waals surface area contributed by atoms with Gasteiger partial charge in [-0.15, -0.1) is 0 Å². The number of para-hydroxylation sites is 1. The number of piperazine rings is 1. The fourth-order valence-corrected chi connectivity index (χ4v) is 4.33. The molecule has 1 unspecified atom stereocenters. The molecule has 0 saturated carbocycles. The Morgan fingerprint density at radius 3 is 2.44 bits per heavy atom. The quantitative estimate of drug-likeness (QED) is 0.644. The molecule has 146 valence electrons. The van der Waals surface area contributed by atoms with Crippen LogP contribution < -0.4 is 15.4 Å². The summed E-state index contributed by atoms with van der Waals surface area (Å²) in [5.74, 6) is 0. The third kappa shape index (κ3) is 5.77. The molecule has 1 aliphatic rings. The van der Waals surface area contributed by atoms with Gasteiger partial charge in [-0.1, -0.05) is 36.4 Å². The average Bonchev–Trinajstić information content (AvgIpc) is 2.68. The molecule has 3 rings (SSSR count). The molecule has 1 atom stereocenters. The van der Waals surface area contributed by atoms with E-state index in [-0.39, 0.29) is 4.90 Å². The predicted octanol–water partition coefficient (Wildman–Crippen LogP) is 1.87. The van der Waals surface area contributed by atoms with Gasteiger partial charge in [0.25, 0.3) is 10.0 Å². The molecule has 2 aromatic rings. The second-order valence-electron chi connectivity index (χ2n) is 6.91. The van der Waals surface area contributed by atoms with Crippen molar-refractivity contribution in [1.29, 1.82) is 0 Å². The molecule has 3 N–H and O–H groups in total. The molecule has 1 saturated heterocycles. The topological polar surface area (TPSA) is 73.5 Å². The molecule has 27 heavy (non-hydrogen) atoms. The van der Waals surface area contributed by atoms with E-state index in [1.807, 2.05) is 18.2 Å². The van der Waals surface area contributed by atoms with Gasteiger partial charge in [0, 0.05) is 45.3 Å². The van der Waals surface area contributed by atoms with Crippen molar-refractivity contribution in [1.82, 2.24) is 15.5 Å². The van der Waals surface area contributed by atoms with Crippen molar-refractivity contribution in [2.24, 2.45) is 0 Å². The van der Waals surface area contributed by atoms with E-state index in [4.69, 9.17) is 0 Å². The Bertz CT molecular complexity index is 821. The molecular weight excluding hydrogens is 360 g/mol. The zero-order valence-electron chi connectivity index (χ0n) is 15.7. The van der Waals surface area contributed by atoms with E-state index < -0.39 is 10.0 Å². The first-order valence-electron chi connectivity index (χ1n) is 9.37. The van der Waals surface area contributed by atoms with Crippen LogP contribution in [0.1, 0.15) is 12.5 Å². The molecule has 0 spiro atoms. The van der Waals surface area contributed by atoms with Gasteiger partial charge in [-0.25, -0.2) is 8.42 Å². The Balaban J connectivity index is 1.62. The van der Waals surface area contributed by atoms with Crippen LogP contribution in [-0.4, -0.2) is 52.1 Å². The molecule has 1 fully saturated rings. The first kappa shape index (κ1) is 19.8.